The minimum absolute atomic E-state index is 0.0231. The number of rotatable bonds is 4. The van der Waals surface area contributed by atoms with Crippen LogP contribution in [0.25, 0.3) is 0 Å². The number of nitrogens with one attached hydrogen (secondary N) is 1. The monoisotopic (exact) mass is 257 g/mol. The summed E-state index contributed by atoms with van der Waals surface area (Å²) in [5, 5.41) is 2.98. The van der Waals surface area contributed by atoms with Gasteiger partial charge in [0.2, 0.25) is 5.91 Å². The van der Waals surface area contributed by atoms with Crippen LogP contribution < -0.4 is 5.32 Å². The van der Waals surface area contributed by atoms with Gasteiger partial charge in [0, 0.05) is 24.5 Å². The number of para-hydroxylation sites is 1. The molecule has 2 rings (SSSR count). The van der Waals surface area contributed by atoms with Crippen molar-refractivity contribution in [1.29, 1.82) is 0 Å². The summed E-state index contributed by atoms with van der Waals surface area (Å²) in [5.74, 6) is 0.904. The Balaban J connectivity index is 2.10. The highest BCUT2D eigenvalue weighted by Gasteiger charge is 2.09. The summed E-state index contributed by atoms with van der Waals surface area (Å²) >= 11 is 0. The van der Waals surface area contributed by atoms with Crippen LogP contribution in [0.2, 0.25) is 0 Å². The molecule has 1 heterocycles. The van der Waals surface area contributed by atoms with Gasteiger partial charge >= 0.3 is 0 Å². The number of aryl methyl sites for hydroxylation is 3. The molecule has 1 aromatic heterocycles. The Bertz CT molecular complexity index is 567. The Morgan fingerprint density at radius 3 is 2.63 bits per heavy atom. The van der Waals surface area contributed by atoms with Crippen molar-refractivity contribution in [3.8, 4) is 0 Å². The normalized spacial score (nSPS) is 10.5. The van der Waals surface area contributed by atoms with E-state index in [2.05, 4.69) is 10.3 Å². The van der Waals surface area contributed by atoms with E-state index < -0.39 is 0 Å². The standard InChI is InChI=1S/C15H19N3O/c1-4-13-16-8-9-18(13)10-14(19)17-15-11(2)6-5-7-12(15)3/h5-9H,4,10H2,1-3H3,(H,17,19). The molecule has 0 saturated heterocycles. The van der Waals surface area contributed by atoms with Crippen LogP contribution in [-0.2, 0) is 17.8 Å². The van der Waals surface area contributed by atoms with Crippen molar-refractivity contribution in [2.75, 3.05) is 5.32 Å². The predicted octanol–water partition coefficient (Wildman–Crippen LogP) is 2.70. The molecule has 0 fully saturated rings. The van der Waals surface area contributed by atoms with Crippen molar-refractivity contribution in [3.63, 3.8) is 0 Å². The number of hydrogen-bond donors (Lipinski definition) is 1. The maximum Gasteiger partial charge on any atom is 0.244 e. The molecule has 0 radical (unpaired) electrons. The van der Waals surface area contributed by atoms with Gasteiger partial charge in [-0.25, -0.2) is 4.98 Å². The van der Waals surface area contributed by atoms with Crippen LogP contribution >= 0.6 is 0 Å². The van der Waals surface area contributed by atoms with Crippen molar-refractivity contribution in [1.82, 2.24) is 9.55 Å². The molecule has 1 amide bonds. The second-order valence-corrected chi connectivity index (χ2v) is 4.64. The first kappa shape index (κ1) is 13.3. The van der Waals surface area contributed by atoms with Crippen molar-refractivity contribution >= 4 is 11.6 Å². The van der Waals surface area contributed by atoms with Crippen molar-refractivity contribution in [2.45, 2.75) is 33.7 Å². The lowest BCUT2D eigenvalue weighted by molar-refractivity contribution is -0.116. The molecule has 19 heavy (non-hydrogen) atoms. The predicted molar refractivity (Wildman–Crippen MR) is 76.2 cm³/mol. The average molecular weight is 257 g/mol. The van der Waals surface area contributed by atoms with Crippen LogP contribution in [0, 0.1) is 13.8 Å². The van der Waals surface area contributed by atoms with Gasteiger partial charge in [-0.2, -0.15) is 0 Å². The second-order valence-electron chi connectivity index (χ2n) is 4.64. The third-order valence-corrected chi connectivity index (χ3v) is 3.18. The summed E-state index contributed by atoms with van der Waals surface area (Å²) in [5.41, 5.74) is 3.06. The highest BCUT2D eigenvalue weighted by atomic mass is 16.1. The molecule has 0 unspecified atom stereocenters. The molecule has 4 nitrogen and oxygen atoms in total. The highest BCUT2D eigenvalue weighted by Crippen LogP contribution is 2.19. The molecule has 0 aliphatic carbocycles. The Morgan fingerprint density at radius 2 is 2.00 bits per heavy atom. The number of hydrogen-bond acceptors (Lipinski definition) is 2. The van der Waals surface area contributed by atoms with Gasteiger partial charge in [0.15, 0.2) is 0 Å². The molecular weight excluding hydrogens is 238 g/mol. The van der Waals surface area contributed by atoms with Crippen molar-refractivity contribution in [2.24, 2.45) is 0 Å². The SMILES string of the molecule is CCc1nccn1CC(=O)Nc1c(C)cccc1C. The largest absolute Gasteiger partial charge is 0.326 e. The van der Waals surface area contributed by atoms with Crippen LogP contribution in [0.1, 0.15) is 23.9 Å². The number of aromatic nitrogens is 2. The molecule has 1 N–H and O–H groups in total. The zero-order valence-corrected chi connectivity index (χ0v) is 11.6. The zero-order valence-electron chi connectivity index (χ0n) is 11.6. The Hall–Kier alpha value is -2.10. The van der Waals surface area contributed by atoms with Gasteiger partial charge in [-0.05, 0) is 25.0 Å². The average Bonchev–Trinajstić information content (AvgIpc) is 2.81. The maximum atomic E-state index is 12.1. The van der Waals surface area contributed by atoms with Gasteiger partial charge in [0.05, 0.1) is 0 Å². The zero-order chi connectivity index (χ0) is 13.8. The summed E-state index contributed by atoms with van der Waals surface area (Å²) in [6.07, 6.45) is 4.39. The molecule has 0 spiro atoms. The van der Waals surface area contributed by atoms with E-state index in [1.54, 1.807) is 6.20 Å². The van der Waals surface area contributed by atoms with E-state index in [0.717, 1.165) is 29.1 Å². The van der Waals surface area contributed by atoms with E-state index in [9.17, 15) is 4.79 Å². The first-order valence-corrected chi connectivity index (χ1v) is 6.48. The number of carbonyl (C=O) groups is 1. The van der Waals surface area contributed by atoms with E-state index in [4.69, 9.17) is 0 Å². The van der Waals surface area contributed by atoms with Crippen molar-refractivity contribution < 1.29 is 4.79 Å². The Kier molecular flexibility index (Phi) is 4.00. The smallest absolute Gasteiger partial charge is 0.244 e. The topological polar surface area (TPSA) is 46.9 Å². The number of imidazole rings is 1. The molecule has 4 heteroatoms. The number of nitrogens with zero attached hydrogens (tertiary/aromatic N) is 2. The third kappa shape index (κ3) is 3.02. The van der Waals surface area contributed by atoms with Crippen LogP contribution in [0.4, 0.5) is 5.69 Å². The Labute approximate surface area is 113 Å². The molecule has 0 saturated carbocycles. The summed E-state index contributed by atoms with van der Waals surface area (Å²) in [7, 11) is 0. The summed E-state index contributed by atoms with van der Waals surface area (Å²) in [4.78, 5) is 16.3. The van der Waals surface area contributed by atoms with E-state index >= 15 is 0 Å². The van der Waals surface area contributed by atoms with E-state index in [1.807, 2.05) is 49.7 Å². The van der Waals surface area contributed by atoms with Gasteiger partial charge in [-0.1, -0.05) is 25.1 Å². The van der Waals surface area contributed by atoms with Crippen LogP contribution in [0.3, 0.4) is 0 Å². The fourth-order valence-corrected chi connectivity index (χ4v) is 2.14. The van der Waals surface area contributed by atoms with Gasteiger partial charge in [-0.3, -0.25) is 4.79 Å². The number of carbonyl (C=O) groups excluding carboxylic acids is 1. The molecule has 100 valence electrons. The summed E-state index contributed by atoms with van der Waals surface area (Å²) in [6, 6.07) is 5.99. The molecule has 0 aliphatic rings. The second kappa shape index (κ2) is 5.69. The number of amides is 1. The van der Waals surface area contributed by atoms with Gasteiger partial charge in [0.25, 0.3) is 0 Å². The lowest BCUT2D eigenvalue weighted by Crippen LogP contribution is -2.20. The molecular formula is C15H19N3O. The molecule has 0 bridgehead atoms. The number of benzene rings is 1. The first-order valence-electron chi connectivity index (χ1n) is 6.48. The molecule has 2 aromatic rings. The summed E-state index contributed by atoms with van der Waals surface area (Å²) < 4.78 is 1.88. The molecule has 0 aliphatic heterocycles. The van der Waals surface area contributed by atoms with Crippen LogP contribution in [0.15, 0.2) is 30.6 Å². The van der Waals surface area contributed by atoms with E-state index in [1.165, 1.54) is 0 Å². The van der Waals surface area contributed by atoms with Gasteiger partial charge in [-0.15, -0.1) is 0 Å². The Morgan fingerprint density at radius 1 is 1.32 bits per heavy atom. The van der Waals surface area contributed by atoms with Crippen LogP contribution in [-0.4, -0.2) is 15.5 Å². The summed E-state index contributed by atoms with van der Waals surface area (Å²) in [6.45, 7) is 6.33. The maximum absolute atomic E-state index is 12.1. The minimum atomic E-state index is -0.0231. The molecule has 0 atom stereocenters. The fraction of sp³-hybridized carbons (Fsp3) is 0.333. The fourth-order valence-electron chi connectivity index (χ4n) is 2.14. The highest BCUT2D eigenvalue weighted by molar-refractivity contribution is 5.92. The number of anilines is 1. The van der Waals surface area contributed by atoms with Crippen LogP contribution in [0.5, 0.6) is 0 Å². The van der Waals surface area contributed by atoms with E-state index in [0.29, 0.717) is 6.54 Å². The minimum Gasteiger partial charge on any atom is -0.326 e. The lowest BCUT2D eigenvalue weighted by Gasteiger charge is -2.12. The van der Waals surface area contributed by atoms with Gasteiger partial charge < -0.3 is 9.88 Å². The quantitative estimate of drug-likeness (QED) is 0.915. The van der Waals surface area contributed by atoms with E-state index in [-0.39, 0.29) is 5.91 Å². The lowest BCUT2D eigenvalue weighted by atomic mass is 10.1. The first-order chi connectivity index (χ1) is 9.11. The van der Waals surface area contributed by atoms with Crippen molar-refractivity contribution in [3.05, 3.63) is 47.5 Å². The van der Waals surface area contributed by atoms with Gasteiger partial charge in [0.1, 0.15) is 12.4 Å². The molecule has 1 aromatic carbocycles. The third-order valence-electron chi connectivity index (χ3n) is 3.18.